The Hall–Kier alpha value is -1.76. The van der Waals surface area contributed by atoms with Gasteiger partial charge in [-0.15, -0.1) is 0 Å². The lowest BCUT2D eigenvalue weighted by molar-refractivity contribution is -0.238. The van der Waals surface area contributed by atoms with Crippen LogP contribution in [0.15, 0.2) is 36.5 Å². The molecule has 2 rings (SSSR count). The highest BCUT2D eigenvalue weighted by atomic mass is 16.7. The van der Waals surface area contributed by atoms with Crippen molar-refractivity contribution < 1.29 is 24.1 Å². The molecule has 1 aromatic rings. The molecular formula is C19H27NO5. The van der Waals surface area contributed by atoms with Gasteiger partial charge in [0.1, 0.15) is 0 Å². The molecule has 1 N–H and O–H groups in total. The lowest BCUT2D eigenvalue weighted by atomic mass is 9.98. The first kappa shape index (κ1) is 19.6. The molecule has 0 bridgehead atoms. The van der Waals surface area contributed by atoms with E-state index in [0.717, 1.165) is 18.5 Å². The largest absolute Gasteiger partial charge is 0.481 e. The van der Waals surface area contributed by atoms with Gasteiger partial charge in [-0.3, -0.25) is 9.78 Å². The highest BCUT2D eigenvalue weighted by Crippen LogP contribution is 2.23. The van der Waals surface area contributed by atoms with E-state index < -0.39 is 5.97 Å². The van der Waals surface area contributed by atoms with E-state index in [-0.39, 0.29) is 24.7 Å². The zero-order valence-corrected chi connectivity index (χ0v) is 14.7. The average molecular weight is 349 g/mol. The topological polar surface area (TPSA) is 77.9 Å². The van der Waals surface area contributed by atoms with Crippen molar-refractivity contribution in [2.75, 3.05) is 13.2 Å². The Morgan fingerprint density at radius 3 is 3.08 bits per heavy atom. The molecule has 0 unspecified atom stereocenters. The smallest absolute Gasteiger partial charge is 0.303 e. The Labute approximate surface area is 148 Å². The van der Waals surface area contributed by atoms with Crippen molar-refractivity contribution in [2.24, 2.45) is 5.92 Å². The maximum Gasteiger partial charge on any atom is 0.303 e. The van der Waals surface area contributed by atoms with Gasteiger partial charge in [-0.1, -0.05) is 18.2 Å². The Morgan fingerprint density at radius 2 is 2.32 bits per heavy atom. The monoisotopic (exact) mass is 349 g/mol. The summed E-state index contributed by atoms with van der Waals surface area (Å²) in [7, 11) is 0. The predicted molar refractivity (Wildman–Crippen MR) is 92.9 cm³/mol. The van der Waals surface area contributed by atoms with Crippen LogP contribution in [0, 0.1) is 5.92 Å². The second kappa shape index (κ2) is 11.0. The van der Waals surface area contributed by atoms with Gasteiger partial charge in [-0.2, -0.15) is 0 Å². The van der Waals surface area contributed by atoms with Crippen molar-refractivity contribution >= 4 is 5.97 Å². The number of carbonyl (C=O) groups is 1. The second-order valence-electron chi connectivity index (χ2n) is 6.16. The van der Waals surface area contributed by atoms with Crippen molar-refractivity contribution in [2.45, 2.75) is 51.6 Å². The minimum Gasteiger partial charge on any atom is -0.481 e. The van der Waals surface area contributed by atoms with Gasteiger partial charge in [0.15, 0.2) is 6.29 Å². The first-order valence-corrected chi connectivity index (χ1v) is 8.76. The van der Waals surface area contributed by atoms with Gasteiger partial charge < -0.3 is 19.3 Å². The van der Waals surface area contributed by atoms with Crippen LogP contribution in [0.1, 0.15) is 38.3 Å². The summed E-state index contributed by atoms with van der Waals surface area (Å²) in [5, 5.41) is 8.62. The van der Waals surface area contributed by atoms with Crippen LogP contribution in [0.5, 0.6) is 0 Å². The Balaban J connectivity index is 1.73. The number of aliphatic carboxylic acids is 1. The minimum absolute atomic E-state index is 0.0175. The molecule has 0 amide bonds. The van der Waals surface area contributed by atoms with Crippen molar-refractivity contribution in [3.05, 3.63) is 42.2 Å². The van der Waals surface area contributed by atoms with Gasteiger partial charge in [-0.25, -0.2) is 0 Å². The molecular weight excluding hydrogens is 322 g/mol. The summed E-state index contributed by atoms with van der Waals surface area (Å²) in [5.41, 5.74) is 0.900. The minimum atomic E-state index is -0.749. The van der Waals surface area contributed by atoms with Crippen LogP contribution in [0.3, 0.4) is 0 Å². The summed E-state index contributed by atoms with van der Waals surface area (Å²) in [6, 6.07) is 5.76. The summed E-state index contributed by atoms with van der Waals surface area (Å²) in [4.78, 5) is 14.7. The van der Waals surface area contributed by atoms with E-state index in [0.29, 0.717) is 26.2 Å². The van der Waals surface area contributed by atoms with Crippen LogP contribution in [0.2, 0.25) is 0 Å². The van der Waals surface area contributed by atoms with Crippen molar-refractivity contribution in [1.82, 2.24) is 4.98 Å². The van der Waals surface area contributed by atoms with Gasteiger partial charge in [0.2, 0.25) is 0 Å². The molecule has 0 saturated carbocycles. The normalized spacial score (nSPS) is 23.8. The molecule has 1 saturated heterocycles. The van der Waals surface area contributed by atoms with Crippen LogP contribution >= 0.6 is 0 Å². The summed E-state index contributed by atoms with van der Waals surface area (Å²) >= 11 is 0. The Bertz CT molecular complexity index is 534. The van der Waals surface area contributed by atoms with Gasteiger partial charge >= 0.3 is 5.97 Å². The summed E-state index contributed by atoms with van der Waals surface area (Å²) < 4.78 is 17.2. The number of carboxylic acid groups (broad SMARTS) is 1. The summed E-state index contributed by atoms with van der Waals surface area (Å²) in [6.45, 7) is 3.50. The molecule has 6 nitrogen and oxygen atoms in total. The third kappa shape index (κ3) is 7.77. The average Bonchev–Trinajstić information content (AvgIpc) is 2.60. The highest BCUT2D eigenvalue weighted by Gasteiger charge is 2.29. The van der Waals surface area contributed by atoms with E-state index >= 15 is 0 Å². The van der Waals surface area contributed by atoms with E-state index in [9.17, 15) is 4.79 Å². The molecule has 1 aromatic heterocycles. The number of carboxylic acids is 1. The first-order chi connectivity index (χ1) is 12.1. The predicted octanol–water partition coefficient (Wildman–Crippen LogP) is 3.18. The zero-order valence-electron chi connectivity index (χ0n) is 14.7. The quantitative estimate of drug-likeness (QED) is 0.516. The SMILES string of the molecule is C[C@@H]1OC[C@H](CC=CCCCC(=O)O)[C@H](COCc2ccccn2)O1. The standard InChI is InChI=1S/C19H27NO5/c1-15-24-12-16(8-4-2-3-5-10-19(21)22)18(25-15)14-23-13-17-9-6-7-11-20-17/h2,4,6-7,9,11,15-16,18H,3,5,8,10,12-14H2,1H3,(H,21,22)/t15-,16+,18+/m1/s1. The van der Waals surface area contributed by atoms with Gasteiger partial charge in [-0.05, 0) is 38.3 Å². The number of rotatable bonds is 10. The van der Waals surface area contributed by atoms with Gasteiger partial charge in [0.25, 0.3) is 0 Å². The van der Waals surface area contributed by atoms with Crippen LogP contribution in [0.4, 0.5) is 0 Å². The first-order valence-electron chi connectivity index (χ1n) is 8.76. The van der Waals surface area contributed by atoms with Gasteiger partial charge in [0.05, 0.1) is 31.6 Å². The third-order valence-corrected chi connectivity index (χ3v) is 4.06. The number of aromatic nitrogens is 1. The molecule has 1 fully saturated rings. The van der Waals surface area contributed by atoms with Crippen LogP contribution < -0.4 is 0 Å². The number of allylic oxidation sites excluding steroid dienone is 2. The third-order valence-electron chi connectivity index (χ3n) is 4.06. The maximum atomic E-state index is 10.5. The molecule has 0 aliphatic carbocycles. The lowest BCUT2D eigenvalue weighted by Crippen LogP contribution is -2.41. The Kier molecular flexibility index (Phi) is 8.59. The molecule has 3 atom stereocenters. The molecule has 138 valence electrons. The van der Waals surface area contributed by atoms with Crippen LogP contribution in [-0.4, -0.2) is 41.7 Å². The van der Waals surface area contributed by atoms with E-state index in [4.69, 9.17) is 19.3 Å². The number of pyridine rings is 1. The van der Waals surface area contributed by atoms with Crippen molar-refractivity contribution in [1.29, 1.82) is 0 Å². The molecule has 0 radical (unpaired) electrons. The summed E-state index contributed by atoms with van der Waals surface area (Å²) in [5.74, 6) is -0.516. The number of hydrogen-bond donors (Lipinski definition) is 1. The molecule has 2 heterocycles. The molecule has 0 aromatic carbocycles. The fraction of sp³-hybridized carbons (Fsp3) is 0.579. The van der Waals surface area contributed by atoms with Crippen LogP contribution in [0.25, 0.3) is 0 Å². The molecule has 1 aliphatic heterocycles. The highest BCUT2D eigenvalue weighted by molar-refractivity contribution is 5.66. The van der Waals surface area contributed by atoms with E-state index in [2.05, 4.69) is 11.1 Å². The zero-order chi connectivity index (χ0) is 17.9. The second-order valence-corrected chi connectivity index (χ2v) is 6.16. The van der Waals surface area contributed by atoms with Crippen molar-refractivity contribution in [3.63, 3.8) is 0 Å². The van der Waals surface area contributed by atoms with E-state index in [1.807, 2.05) is 31.2 Å². The number of unbranched alkanes of at least 4 members (excludes halogenated alkanes) is 1. The fourth-order valence-electron chi connectivity index (χ4n) is 2.68. The number of ether oxygens (including phenoxy) is 3. The number of nitrogens with zero attached hydrogens (tertiary/aromatic N) is 1. The van der Waals surface area contributed by atoms with Crippen molar-refractivity contribution in [3.8, 4) is 0 Å². The summed E-state index contributed by atoms with van der Waals surface area (Å²) in [6.07, 6.45) is 8.11. The maximum absolute atomic E-state index is 10.5. The fourth-order valence-corrected chi connectivity index (χ4v) is 2.68. The molecule has 25 heavy (non-hydrogen) atoms. The molecule has 6 heteroatoms. The number of hydrogen-bond acceptors (Lipinski definition) is 5. The van der Waals surface area contributed by atoms with Gasteiger partial charge in [0, 0.05) is 18.5 Å². The lowest BCUT2D eigenvalue weighted by Gasteiger charge is -2.34. The van der Waals surface area contributed by atoms with E-state index in [1.165, 1.54) is 0 Å². The van der Waals surface area contributed by atoms with Crippen LogP contribution in [-0.2, 0) is 25.6 Å². The van der Waals surface area contributed by atoms with E-state index in [1.54, 1.807) is 6.20 Å². The molecule has 0 spiro atoms. The Morgan fingerprint density at radius 1 is 1.44 bits per heavy atom. The molecule has 1 aliphatic rings.